The van der Waals surface area contributed by atoms with Gasteiger partial charge in [0.25, 0.3) is 5.91 Å². The van der Waals surface area contributed by atoms with E-state index >= 15 is 0 Å². The molecule has 1 aliphatic heterocycles. The fourth-order valence-corrected chi connectivity index (χ4v) is 4.98. The molecule has 1 aliphatic rings. The number of ether oxygens (including phenoxy) is 1. The van der Waals surface area contributed by atoms with Crippen molar-refractivity contribution in [3.05, 3.63) is 65.7 Å². The molecule has 0 saturated carbocycles. The summed E-state index contributed by atoms with van der Waals surface area (Å²) in [5.74, 6) is -2.35. The van der Waals surface area contributed by atoms with Gasteiger partial charge in [-0.3, -0.25) is 19.9 Å². The Morgan fingerprint density at radius 3 is 2.11 bits per heavy atom. The molecule has 1 saturated heterocycles. The van der Waals surface area contributed by atoms with E-state index in [0.717, 1.165) is 11.1 Å². The van der Waals surface area contributed by atoms with E-state index in [-0.39, 0.29) is 30.2 Å². The Kier molecular flexibility index (Phi) is 13.4. The largest absolute Gasteiger partial charge is 0.497 e. The quantitative estimate of drug-likeness (QED) is 0.187. The predicted molar refractivity (Wildman–Crippen MR) is 162 cm³/mol. The number of carbonyl (C=O) groups is 4. The number of rotatable bonds is 13. The van der Waals surface area contributed by atoms with Gasteiger partial charge in [0.2, 0.25) is 5.91 Å². The third-order valence-corrected chi connectivity index (χ3v) is 7.06. The smallest absolute Gasteiger partial charge is 0.490 e. The molecule has 12 nitrogen and oxygen atoms in total. The van der Waals surface area contributed by atoms with Crippen molar-refractivity contribution < 1.29 is 47.3 Å². The minimum atomic E-state index is -5.08. The van der Waals surface area contributed by atoms with E-state index in [1.165, 1.54) is 4.90 Å². The molecule has 252 valence electrons. The summed E-state index contributed by atoms with van der Waals surface area (Å²) in [5, 5.41) is 33.2. The number of carboxylic acid groups (broad SMARTS) is 2. The van der Waals surface area contributed by atoms with Crippen molar-refractivity contribution in [3.8, 4) is 5.75 Å². The van der Waals surface area contributed by atoms with E-state index in [4.69, 9.17) is 20.0 Å². The van der Waals surface area contributed by atoms with Crippen LogP contribution in [0.4, 0.5) is 18.0 Å². The van der Waals surface area contributed by atoms with Gasteiger partial charge < -0.3 is 30.9 Å². The summed E-state index contributed by atoms with van der Waals surface area (Å²) in [6, 6.07) is 15.4. The van der Waals surface area contributed by atoms with Gasteiger partial charge in [0.15, 0.2) is 5.96 Å². The van der Waals surface area contributed by atoms with Gasteiger partial charge in [-0.05, 0) is 55.4 Å². The third kappa shape index (κ3) is 10.7. The van der Waals surface area contributed by atoms with E-state index < -0.39 is 35.7 Å². The highest BCUT2D eigenvalue weighted by atomic mass is 19.4. The Morgan fingerprint density at radius 1 is 1.02 bits per heavy atom. The first-order valence-electron chi connectivity index (χ1n) is 14.5. The van der Waals surface area contributed by atoms with Gasteiger partial charge in [-0.1, -0.05) is 56.3 Å². The Labute approximate surface area is 264 Å². The van der Waals surface area contributed by atoms with E-state index in [2.05, 4.69) is 29.8 Å². The van der Waals surface area contributed by atoms with E-state index in [1.54, 1.807) is 31.4 Å². The number of nitrogens with one attached hydrogen (secondary N) is 4. The highest BCUT2D eigenvalue weighted by molar-refractivity contribution is 6.08. The summed E-state index contributed by atoms with van der Waals surface area (Å²) >= 11 is 0. The highest BCUT2D eigenvalue weighted by Gasteiger charge is 2.50. The molecular formula is C31H40F3N5O7. The summed E-state index contributed by atoms with van der Waals surface area (Å²) in [5.41, 5.74) is 0.661. The number of nitrogens with zero attached hydrogens (tertiary/aromatic N) is 1. The molecule has 0 aromatic heterocycles. The molecule has 2 aromatic rings. The fourth-order valence-electron chi connectivity index (χ4n) is 4.98. The van der Waals surface area contributed by atoms with E-state index in [9.17, 15) is 32.7 Å². The predicted octanol–water partition coefficient (Wildman–Crippen LogP) is 4.10. The van der Waals surface area contributed by atoms with Crippen LogP contribution in [0.15, 0.2) is 54.6 Å². The number of benzene rings is 2. The maximum Gasteiger partial charge on any atom is 0.490 e. The van der Waals surface area contributed by atoms with Crippen LogP contribution in [-0.2, 0) is 26.3 Å². The van der Waals surface area contributed by atoms with Gasteiger partial charge in [-0.2, -0.15) is 13.2 Å². The van der Waals surface area contributed by atoms with Crippen LogP contribution in [0.3, 0.4) is 0 Å². The minimum Gasteiger partial charge on any atom is -0.497 e. The van der Waals surface area contributed by atoms with Crippen LogP contribution in [0.2, 0.25) is 0 Å². The molecule has 1 heterocycles. The molecule has 3 atom stereocenters. The number of halogens is 3. The van der Waals surface area contributed by atoms with Crippen LogP contribution in [0.5, 0.6) is 5.75 Å². The molecule has 6 N–H and O–H groups in total. The lowest BCUT2D eigenvalue weighted by molar-refractivity contribution is -0.192. The van der Waals surface area contributed by atoms with Gasteiger partial charge in [-0.15, -0.1) is 0 Å². The van der Waals surface area contributed by atoms with Crippen LogP contribution in [0, 0.1) is 11.3 Å². The summed E-state index contributed by atoms with van der Waals surface area (Å²) in [6.45, 7) is 6.28. The number of guanidine groups is 1. The summed E-state index contributed by atoms with van der Waals surface area (Å²) in [7, 11) is 1.56. The lowest BCUT2D eigenvalue weighted by Gasteiger charge is -2.29. The molecule has 0 radical (unpaired) electrons. The normalized spacial score (nSPS) is 17.3. The van der Waals surface area contributed by atoms with Gasteiger partial charge >= 0.3 is 18.2 Å². The van der Waals surface area contributed by atoms with E-state index in [1.807, 2.05) is 37.3 Å². The SMILES string of the molecule is COc1ccc(C[C@H](NC(=O)O)C(=O)N[C@@H](C)CCCN2C(=N)N[C@](CC(C)C)(c3ccccc3)C2=O)cc1.O=C(O)C(F)(F)F. The Balaban J connectivity index is 0.000000942. The van der Waals surface area contributed by atoms with Gasteiger partial charge in [0.1, 0.15) is 17.3 Å². The number of carbonyl (C=O) groups excluding carboxylic acids is 2. The minimum absolute atomic E-state index is 0.0754. The zero-order valence-electron chi connectivity index (χ0n) is 26.0. The van der Waals surface area contributed by atoms with Crippen LogP contribution in [0.25, 0.3) is 0 Å². The Morgan fingerprint density at radius 2 is 1.61 bits per heavy atom. The second-order valence-corrected chi connectivity index (χ2v) is 11.2. The van der Waals surface area contributed by atoms with Crippen molar-refractivity contribution in [2.75, 3.05) is 13.7 Å². The number of carboxylic acids is 1. The van der Waals surface area contributed by atoms with Crippen LogP contribution in [0.1, 0.15) is 51.2 Å². The van der Waals surface area contributed by atoms with Crippen molar-refractivity contribution in [1.29, 1.82) is 5.41 Å². The van der Waals surface area contributed by atoms with Crippen molar-refractivity contribution in [1.82, 2.24) is 20.9 Å². The average molecular weight is 652 g/mol. The molecule has 0 spiro atoms. The molecule has 0 unspecified atom stereocenters. The zero-order chi connectivity index (χ0) is 34.7. The lowest BCUT2D eigenvalue weighted by Crippen LogP contribution is -2.50. The first-order valence-corrected chi connectivity index (χ1v) is 14.5. The monoisotopic (exact) mass is 651 g/mol. The van der Waals surface area contributed by atoms with Gasteiger partial charge in [0.05, 0.1) is 7.11 Å². The molecule has 0 bridgehead atoms. The van der Waals surface area contributed by atoms with Crippen LogP contribution in [-0.4, -0.2) is 76.9 Å². The molecule has 3 rings (SSSR count). The molecule has 1 fully saturated rings. The van der Waals surface area contributed by atoms with Gasteiger partial charge in [-0.25, -0.2) is 9.59 Å². The number of aliphatic carboxylic acids is 1. The first-order chi connectivity index (χ1) is 21.5. The summed E-state index contributed by atoms with van der Waals surface area (Å²) in [6.07, 6.45) is -4.50. The van der Waals surface area contributed by atoms with Crippen LogP contribution >= 0.6 is 0 Å². The second kappa shape index (κ2) is 16.5. The van der Waals surface area contributed by atoms with Crippen molar-refractivity contribution >= 4 is 29.8 Å². The average Bonchev–Trinajstić information content (AvgIpc) is 3.21. The number of hydrogen-bond acceptors (Lipinski definition) is 6. The molecule has 46 heavy (non-hydrogen) atoms. The number of amides is 3. The molecule has 15 heteroatoms. The van der Waals surface area contributed by atoms with Crippen molar-refractivity contribution in [2.24, 2.45) is 5.92 Å². The summed E-state index contributed by atoms with van der Waals surface area (Å²) < 4.78 is 36.9. The van der Waals surface area contributed by atoms with Gasteiger partial charge in [0, 0.05) is 19.0 Å². The lowest BCUT2D eigenvalue weighted by atomic mass is 9.82. The number of methoxy groups -OCH3 is 1. The second-order valence-electron chi connectivity index (χ2n) is 11.2. The fraction of sp³-hybridized carbons (Fsp3) is 0.452. The molecule has 3 amide bonds. The topological polar surface area (TPSA) is 181 Å². The zero-order valence-corrected chi connectivity index (χ0v) is 26.0. The first kappa shape index (κ1) is 37.4. The van der Waals surface area contributed by atoms with E-state index in [0.29, 0.717) is 31.6 Å². The van der Waals surface area contributed by atoms with Crippen molar-refractivity contribution in [3.63, 3.8) is 0 Å². The van der Waals surface area contributed by atoms with Crippen LogP contribution < -0.4 is 20.7 Å². The van der Waals surface area contributed by atoms with Crippen molar-refractivity contribution in [2.45, 2.75) is 70.3 Å². The molecule has 0 aliphatic carbocycles. The maximum atomic E-state index is 13.6. The summed E-state index contributed by atoms with van der Waals surface area (Å²) in [4.78, 5) is 48.2. The highest BCUT2D eigenvalue weighted by Crippen LogP contribution is 2.35. The third-order valence-electron chi connectivity index (χ3n) is 7.06. The maximum absolute atomic E-state index is 13.6. The number of alkyl halides is 3. The standard InChI is InChI=1S/C29H39N5O5.C2HF3O2/c1-19(2)18-29(22-10-6-5-7-11-22)26(36)34(27(30)33-29)16-8-9-20(3)31-25(35)24(32-28(37)38)17-21-12-14-23(39-4)15-13-21;3-2(4,5)1(6)7/h5-7,10-15,19-20,24,32H,8-9,16-18H2,1-4H3,(H2,30,33)(H,31,35)(H,37,38);(H,6,7)/t20-,24-,29+;/m0./s1. The number of hydrogen-bond donors (Lipinski definition) is 6. The Bertz CT molecular complexity index is 1360. The molecule has 2 aromatic carbocycles. The molecular weight excluding hydrogens is 611 g/mol. The Hall–Kier alpha value is -4.82.